The molecule has 2 amide bonds. The molecule has 5 aromatic rings. The number of phenols is 1. The third-order valence-corrected chi connectivity index (χ3v) is 16.5. The zero-order chi connectivity index (χ0) is 49.4. The molecular formula is C54H61F4N7O6. The van der Waals surface area contributed by atoms with Crippen molar-refractivity contribution in [2.75, 3.05) is 62.2 Å². The van der Waals surface area contributed by atoms with Crippen LogP contribution in [0.1, 0.15) is 108 Å². The van der Waals surface area contributed by atoms with Crippen LogP contribution in [-0.2, 0) is 20.7 Å². The van der Waals surface area contributed by atoms with E-state index in [0.717, 1.165) is 71.0 Å². The summed E-state index contributed by atoms with van der Waals surface area (Å²) in [7, 11) is 0. The second-order valence-corrected chi connectivity index (χ2v) is 21.8. The summed E-state index contributed by atoms with van der Waals surface area (Å²) < 4.78 is 76.0. The summed E-state index contributed by atoms with van der Waals surface area (Å²) in [6.45, 7) is 8.82. The molecule has 6 fully saturated rings. The van der Waals surface area contributed by atoms with Gasteiger partial charge in [-0.1, -0.05) is 13.0 Å². The molecule has 11 rings (SSSR count). The molecule has 0 radical (unpaired) electrons. The summed E-state index contributed by atoms with van der Waals surface area (Å²) >= 11 is 0. The molecule has 1 spiro atoms. The molecule has 3 N–H and O–H groups in total. The summed E-state index contributed by atoms with van der Waals surface area (Å²) in [4.78, 5) is 44.4. The van der Waals surface area contributed by atoms with E-state index in [1.54, 1.807) is 13.0 Å². The topological polar surface area (TPSA) is 153 Å². The number of aromatic hydroxyl groups is 1. The lowest BCUT2D eigenvalue weighted by Gasteiger charge is -2.53. The van der Waals surface area contributed by atoms with Gasteiger partial charge < -0.3 is 34.4 Å². The van der Waals surface area contributed by atoms with E-state index in [2.05, 4.69) is 20.2 Å². The quantitative estimate of drug-likeness (QED) is 0.0811. The number of halogens is 4. The van der Waals surface area contributed by atoms with Crippen LogP contribution in [0.25, 0.3) is 32.9 Å². The van der Waals surface area contributed by atoms with Gasteiger partial charge in [0.25, 0.3) is 0 Å². The van der Waals surface area contributed by atoms with Crippen molar-refractivity contribution in [3.63, 3.8) is 0 Å². The van der Waals surface area contributed by atoms with Gasteiger partial charge in [-0.3, -0.25) is 19.9 Å². The number of aliphatic hydroxyl groups is 1. The summed E-state index contributed by atoms with van der Waals surface area (Å²) in [5, 5.41) is 25.4. The second kappa shape index (κ2) is 18.4. The van der Waals surface area contributed by atoms with E-state index in [1.807, 2.05) is 16.7 Å². The number of β-amino-alcohol motifs (C(OH)–C–C–N with tert-alkyl or cyclic N) is 1. The minimum atomic E-state index is -1.02. The van der Waals surface area contributed by atoms with E-state index in [1.165, 1.54) is 36.5 Å². The maximum atomic E-state index is 17.1. The van der Waals surface area contributed by atoms with Crippen molar-refractivity contribution in [3.05, 3.63) is 77.0 Å². The molecule has 2 atom stereocenters. The van der Waals surface area contributed by atoms with E-state index in [9.17, 15) is 19.8 Å². The lowest BCUT2D eigenvalue weighted by molar-refractivity contribution is -0.134. The van der Waals surface area contributed by atoms with Gasteiger partial charge in [0.2, 0.25) is 11.8 Å². The molecule has 0 bridgehead atoms. The standard InChI is InChI=1S/C54H61F4N7O6/c1-3-36-40(55)7-5-31-21-33(66)24-38(44(31)36)47-46(58)48-39(27-59-47)49(65-16-4-11-52(2,69)28-65)62-51(61-48)70-30-54(12-13-54)29-63-17-9-34(10-18-63)71-35-25-53(26-35)14-19-64(20-15-53)32-22-41(56)45(42(57)23-32)37-6-8-43(67)60-50(37)68/h5,7,21-24,27,34-35,37,66,69H,3-4,6,8-20,25-26,28-30H2,1-2H3,(H,60,67,68)/t37?,52-/m1/s1. The number of aryl methyl sites for hydroxylation is 1. The molecule has 4 saturated heterocycles. The van der Waals surface area contributed by atoms with Gasteiger partial charge in [0.15, 0.2) is 5.82 Å². The van der Waals surface area contributed by atoms with Crippen LogP contribution in [0.3, 0.4) is 0 Å². The van der Waals surface area contributed by atoms with Crippen LogP contribution in [0.4, 0.5) is 29.1 Å². The minimum absolute atomic E-state index is 0.00931. The molecule has 2 aliphatic carbocycles. The number of ether oxygens (including phenoxy) is 2. The van der Waals surface area contributed by atoms with Gasteiger partial charge in [0.05, 0.1) is 35.7 Å². The Morgan fingerprint density at radius 1 is 0.859 bits per heavy atom. The summed E-state index contributed by atoms with van der Waals surface area (Å²) in [6.07, 6.45) is 11.3. The van der Waals surface area contributed by atoms with Gasteiger partial charge in [-0.05, 0) is 136 Å². The molecule has 1 unspecified atom stereocenters. The third-order valence-electron chi connectivity index (χ3n) is 16.5. The van der Waals surface area contributed by atoms with Gasteiger partial charge in [-0.15, -0.1) is 0 Å². The van der Waals surface area contributed by atoms with Crippen molar-refractivity contribution in [1.29, 1.82) is 0 Å². The zero-order valence-corrected chi connectivity index (χ0v) is 40.3. The van der Waals surface area contributed by atoms with Crippen molar-refractivity contribution in [1.82, 2.24) is 25.2 Å². The number of imide groups is 1. The molecule has 13 nitrogen and oxygen atoms in total. The highest BCUT2D eigenvalue weighted by molar-refractivity contribution is 6.02. The Labute approximate surface area is 409 Å². The average Bonchev–Trinajstić information content (AvgIpc) is 4.10. The van der Waals surface area contributed by atoms with Gasteiger partial charge in [0.1, 0.15) is 40.2 Å². The molecule has 2 saturated carbocycles. The molecule has 6 heterocycles. The first-order valence-electron chi connectivity index (χ1n) is 25.4. The SMILES string of the molecule is CCc1c(F)ccc2cc(O)cc(-c3ncc4c(N5CCC[C@@](C)(O)C5)nc(OCC5(CN6CCC(OC7CC8(CCN(c9cc(F)c(C%10CCC(=O)NC%10=O)c(F)c9)CC8)C7)CC6)CC5)nc4c3F)c12. The maximum Gasteiger partial charge on any atom is 0.319 e. The molecule has 4 aliphatic heterocycles. The van der Waals surface area contributed by atoms with Crippen molar-refractivity contribution in [3.8, 4) is 23.0 Å². The first kappa shape index (κ1) is 47.7. The predicted octanol–water partition coefficient (Wildman–Crippen LogP) is 8.63. The fourth-order valence-corrected chi connectivity index (χ4v) is 12.3. The number of nitrogens with zero attached hydrogens (tertiary/aromatic N) is 6. The van der Waals surface area contributed by atoms with Crippen molar-refractivity contribution < 1.29 is 46.8 Å². The largest absolute Gasteiger partial charge is 0.508 e. The van der Waals surface area contributed by atoms with Gasteiger partial charge >= 0.3 is 6.01 Å². The molecule has 71 heavy (non-hydrogen) atoms. The Morgan fingerprint density at radius 3 is 2.30 bits per heavy atom. The number of fused-ring (bicyclic) bond motifs is 2. The Kier molecular flexibility index (Phi) is 12.4. The monoisotopic (exact) mass is 979 g/mol. The van der Waals surface area contributed by atoms with Gasteiger partial charge in [-0.25, -0.2) is 17.6 Å². The van der Waals surface area contributed by atoms with E-state index < -0.39 is 46.6 Å². The Balaban J connectivity index is 0.710. The van der Waals surface area contributed by atoms with Crippen LogP contribution in [0.15, 0.2) is 42.6 Å². The molecule has 376 valence electrons. The van der Waals surface area contributed by atoms with Crippen LogP contribution >= 0.6 is 0 Å². The highest BCUT2D eigenvalue weighted by atomic mass is 19.1. The summed E-state index contributed by atoms with van der Waals surface area (Å²) in [5.41, 5.74) is -0.154. The highest BCUT2D eigenvalue weighted by Crippen LogP contribution is 2.52. The number of benzene rings is 3. The first-order valence-corrected chi connectivity index (χ1v) is 25.4. The van der Waals surface area contributed by atoms with E-state index in [4.69, 9.17) is 14.5 Å². The Morgan fingerprint density at radius 2 is 1.61 bits per heavy atom. The molecule has 2 aromatic heterocycles. The molecule has 17 heteroatoms. The van der Waals surface area contributed by atoms with Gasteiger partial charge in [0, 0.05) is 80.7 Å². The number of amides is 2. The van der Waals surface area contributed by atoms with Crippen molar-refractivity contribution >= 4 is 45.0 Å². The number of hydrogen-bond donors (Lipinski definition) is 3. The minimum Gasteiger partial charge on any atom is -0.508 e. The molecule has 6 aliphatic rings. The maximum absolute atomic E-state index is 17.1. The number of hydrogen-bond acceptors (Lipinski definition) is 12. The van der Waals surface area contributed by atoms with Crippen LogP contribution in [0, 0.1) is 34.1 Å². The number of likely N-dealkylation sites (tertiary alicyclic amines) is 1. The number of nitrogens with one attached hydrogen (secondary N) is 1. The fourth-order valence-electron chi connectivity index (χ4n) is 12.3. The van der Waals surface area contributed by atoms with Crippen LogP contribution in [0.5, 0.6) is 11.8 Å². The lowest BCUT2D eigenvalue weighted by atomic mass is 9.61. The summed E-state index contributed by atoms with van der Waals surface area (Å²) in [5.74, 6) is -4.47. The van der Waals surface area contributed by atoms with Crippen molar-refractivity contribution in [2.45, 2.75) is 121 Å². The van der Waals surface area contributed by atoms with Gasteiger partial charge in [-0.2, -0.15) is 9.97 Å². The number of aromatic nitrogens is 3. The Hall–Kier alpha value is -5.65. The van der Waals surface area contributed by atoms with Crippen LogP contribution in [0.2, 0.25) is 0 Å². The zero-order valence-electron chi connectivity index (χ0n) is 40.3. The summed E-state index contributed by atoms with van der Waals surface area (Å²) in [6, 6.07) is 8.52. The highest BCUT2D eigenvalue weighted by Gasteiger charge is 2.49. The van der Waals surface area contributed by atoms with E-state index >= 15 is 17.6 Å². The number of phenolic OH excluding ortho intramolecular Hbond substituents is 1. The van der Waals surface area contributed by atoms with Crippen LogP contribution < -0.4 is 19.9 Å². The average molecular weight is 980 g/mol. The van der Waals surface area contributed by atoms with E-state index in [0.29, 0.717) is 78.7 Å². The lowest BCUT2D eigenvalue weighted by Crippen LogP contribution is -2.51. The smallest absolute Gasteiger partial charge is 0.319 e. The normalized spacial score (nSPS) is 23.9. The number of carbonyl (C=O) groups is 2. The van der Waals surface area contributed by atoms with E-state index in [-0.39, 0.29) is 76.5 Å². The number of piperidine rings is 4. The molecular weight excluding hydrogens is 919 g/mol. The number of pyridine rings is 1. The van der Waals surface area contributed by atoms with Crippen LogP contribution in [-0.4, -0.2) is 112 Å². The molecule has 3 aromatic carbocycles. The first-order chi connectivity index (χ1) is 34.1. The predicted molar refractivity (Wildman–Crippen MR) is 259 cm³/mol. The number of carbonyl (C=O) groups excluding carboxylic acids is 2. The Bertz CT molecular complexity index is 2890. The fraction of sp³-hybridized carbons (Fsp3) is 0.537. The third kappa shape index (κ3) is 9.38. The second-order valence-electron chi connectivity index (χ2n) is 21.8. The van der Waals surface area contributed by atoms with Crippen molar-refractivity contribution in [2.24, 2.45) is 10.8 Å². The number of rotatable bonds is 12. The number of anilines is 2.